The van der Waals surface area contributed by atoms with Gasteiger partial charge in [-0.3, -0.25) is 14.4 Å². The molecule has 45 heavy (non-hydrogen) atoms. The van der Waals surface area contributed by atoms with E-state index in [-0.39, 0.29) is 13.0 Å². The van der Waals surface area contributed by atoms with Gasteiger partial charge in [0, 0.05) is 17.1 Å². The average Bonchev–Trinajstić information content (AvgIpc) is 3.41. The van der Waals surface area contributed by atoms with Crippen LogP contribution in [0.2, 0.25) is 0 Å². The SMILES string of the molecule is COC(=O)[C@@H](NC(=O)Cn1cc(C[C@H](N)C(=O)NCC(=O)N[C@@H](C(=O)OC)c2ccccc2)c2ccccc21)c1ccccc1. The van der Waals surface area contributed by atoms with Crippen LogP contribution in [-0.4, -0.2) is 61.0 Å². The number of nitrogens with one attached hydrogen (secondary N) is 3. The van der Waals surface area contributed by atoms with Crippen LogP contribution in [-0.2, 0) is 46.4 Å². The number of hydrogen-bond donors (Lipinski definition) is 4. The summed E-state index contributed by atoms with van der Waals surface area (Å²) in [6.45, 7) is -0.511. The van der Waals surface area contributed by atoms with Gasteiger partial charge in [-0.05, 0) is 29.2 Å². The standard InChI is InChI=1S/C33H35N5O7/c1-44-32(42)29(21-11-5-3-6-12-21)36-27(39)18-35-31(41)25(34)17-23-19-38(26-16-10-9-15-24(23)26)20-28(40)37-30(33(43)45-2)22-13-7-4-8-14-22/h3-16,19,25,29-30H,17-18,20,34H2,1-2H3,(H,35,41)(H,36,39)(H,37,40)/t25-,29+,30-/m0/s1. The molecule has 0 spiro atoms. The molecule has 3 atom stereocenters. The minimum atomic E-state index is -1.03. The van der Waals surface area contributed by atoms with Crippen molar-refractivity contribution in [2.75, 3.05) is 20.8 Å². The maximum atomic E-state index is 13.1. The zero-order valence-corrected chi connectivity index (χ0v) is 24.9. The summed E-state index contributed by atoms with van der Waals surface area (Å²) in [5.74, 6) is -2.84. The van der Waals surface area contributed by atoms with Crippen molar-refractivity contribution in [2.24, 2.45) is 5.73 Å². The monoisotopic (exact) mass is 613 g/mol. The highest BCUT2D eigenvalue weighted by Crippen LogP contribution is 2.23. The van der Waals surface area contributed by atoms with Crippen LogP contribution in [0.3, 0.4) is 0 Å². The van der Waals surface area contributed by atoms with Gasteiger partial charge in [0.25, 0.3) is 0 Å². The number of rotatable bonds is 13. The molecule has 4 rings (SSSR count). The van der Waals surface area contributed by atoms with Crippen LogP contribution in [0.15, 0.2) is 91.1 Å². The summed E-state index contributed by atoms with van der Waals surface area (Å²) in [6.07, 6.45) is 1.85. The molecule has 12 nitrogen and oxygen atoms in total. The smallest absolute Gasteiger partial charge is 0.333 e. The molecular weight excluding hydrogens is 578 g/mol. The zero-order chi connectivity index (χ0) is 32.3. The number of nitrogens with zero attached hydrogens (tertiary/aromatic N) is 1. The largest absolute Gasteiger partial charge is 0.467 e. The second-order valence-corrected chi connectivity index (χ2v) is 10.2. The zero-order valence-electron chi connectivity index (χ0n) is 24.9. The number of benzene rings is 3. The molecule has 0 saturated carbocycles. The second-order valence-electron chi connectivity index (χ2n) is 10.2. The molecule has 12 heteroatoms. The van der Waals surface area contributed by atoms with Crippen molar-refractivity contribution in [3.05, 3.63) is 108 Å². The Kier molecular flexibility index (Phi) is 11.0. The van der Waals surface area contributed by atoms with Crippen LogP contribution in [0.4, 0.5) is 0 Å². The number of para-hydroxylation sites is 1. The number of esters is 2. The van der Waals surface area contributed by atoms with E-state index in [1.807, 2.05) is 24.3 Å². The fraction of sp³-hybridized carbons (Fsp3) is 0.242. The van der Waals surface area contributed by atoms with E-state index in [1.165, 1.54) is 14.2 Å². The van der Waals surface area contributed by atoms with Crippen LogP contribution < -0.4 is 21.7 Å². The van der Waals surface area contributed by atoms with E-state index < -0.39 is 54.3 Å². The minimum absolute atomic E-state index is 0.106. The van der Waals surface area contributed by atoms with Crippen LogP contribution >= 0.6 is 0 Å². The van der Waals surface area contributed by atoms with Gasteiger partial charge in [0.2, 0.25) is 17.7 Å². The molecule has 5 N–H and O–H groups in total. The number of nitrogens with two attached hydrogens (primary N) is 1. The summed E-state index contributed by atoms with van der Waals surface area (Å²) >= 11 is 0. The number of methoxy groups -OCH3 is 2. The predicted molar refractivity (Wildman–Crippen MR) is 165 cm³/mol. The maximum absolute atomic E-state index is 13.1. The number of ether oxygens (including phenoxy) is 2. The number of carbonyl (C=O) groups is 5. The van der Waals surface area contributed by atoms with Crippen LogP contribution in [0.1, 0.15) is 28.8 Å². The van der Waals surface area contributed by atoms with E-state index in [4.69, 9.17) is 15.2 Å². The van der Waals surface area contributed by atoms with Crippen molar-refractivity contribution >= 4 is 40.6 Å². The van der Waals surface area contributed by atoms with E-state index in [2.05, 4.69) is 16.0 Å². The summed E-state index contributed by atoms with van der Waals surface area (Å²) < 4.78 is 11.4. The molecule has 4 aromatic rings. The Morgan fingerprint density at radius 3 is 1.80 bits per heavy atom. The molecule has 1 aromatic heterocycles. The van der Waals surface area contributed by atoms with Crippen molar-refractivity contribution in [3.8, 4) is 0 Å². The van der Waals surface area contributed by atoms with Gasteiger partial charge in [-0.25, -0.2) is 9.59 Å². The molecule has 0 saturated heterocycles. The highest BCUT2D eigenvalue weighted by molar-refractivity contribution is 5.92. The lowest BCUT2D eigenvalue weighted by Gasteiger charge is -2.18. The van der Waals surface area contributed by atoms with E-state index >= 15 is 0 Å². The van der Waals surface area contributed by atoms with Crippen molar-refractivity contribution in [1.82, 2.24) is 20.5 Å². The summed E-state index contributed by atoms with van der Waals surface area (Å²) in [4.78, 5) is 63.2. The first-order chi connectivity index (χ1) is 21.7. The number of carbonyl (C=O) groups excluding carboxylic acids is 5. The third kappa shape index (κ3) is 8.33. The molecule has 0 radical (unpaired) electrons. The van der Waals surface area contributed by atoms with Gasteiger partial charge in [-0.15, -0.1) is 0 Å². The van der Waals surface area contributed by atoms with Crippen molar-refractivity contribution in [1.29, 1.82) is 0 Å². The quantitative estimate of drug-likeness (QED) is 0.165. The third-order valence-corrected chi connectivity index (χ3v) is 7.14. The molecule has 0 aliphatic carbocycles. The molecule has 3 aromatic carbocycles. The lowest BCUT2D eigenvalue weighted by molar-refractivity contribution is -0.145. The van der Waals surface area contributed by atoms with Gasteiger partial charge in [-0.2, -0.15) is 0 Å². The highest BCUT2D eigenvalue weighted by atomic mass is 16.5. The van der Waals surface area contributed by atoms with E-state index in [0.717, 1.165) is 10.9 Å². The molecule has 0 aliphatic rings. The highest BCUT2D eigenvalue weighted by Gasteiger charge is 2.26. The molecule has 0 unspecified atom stereocenters. The van der Waals surface area contributed by atoms with Gasteiger partial charge in [0.15, 0.2) is 12.1 Å². The molecule has 234 valence electrons. The molecule has 0 aliphatic heterocycles. The molecule has 0 fully saturated rings. The van der Waals surface area contributed by atoms with E-state index in [9.17, 15) is 24.0 Å². The number of hydrogen-bond acceptors (Lipinski definition) is 8. The molecule has 3 amide bonds. The van der Waals surface area contributed by atoms with E-state index in [0.29, 0.717) is 16.7 Å². The van der Waals surface area contributed by atoms with Gasteiger partial charge < -0.3 is 35.7 Å². The Balaban J connectivity index is 1.40. The first kappa shape index (κ1) is 32.4. The lowest BCUT2D eigenvalue weighted by Crippen LogP contribution is -2.47. The minimum Gasteiger partial charge on any atom is -0.467 e. The van der Waals surface area contributed by atoms with Crippen LogP contribution in [0.5, 0.6) is 0 Å². The summed E-state index contributed by atoms with van der Waals surface area (Å²) in [5, 5.41) is 8.61. The Morgan fingerprint density at radius 1 is 0.733 bits per heavy atom. The third-order valence-electron chi connectivity index (χ3n) is 7.14. The lowest BCUT2D eigenvalue weighted by atomic mass is 10.1. The topological polar surface area (TPSA) is 171 Å². The summed E-state index contributed by atoms with van der Waals surface area (Å²) in [6, 6.07) is 21.7. The normalized spacial score (nSPS) is 12.8. The van der Waals surface area contributed by atoms with Gasteiger partial charge >= 0.3 is 11.9 Å². The van der Waals surface area contributed by atoms with E-state index in [1.54, 1.807) is 71.4 Å². The summed E-state index contributed by atoms with van der Waals surface area (Å²) in [7, 11) is 2.48. The number of fused-ring (bicyclic) bond motifs is 1. The van der Waals surface area contributed by atoms with Gasteiger partial charge in [0.05, 0.1) is 26.8 Å². The van der Waals surface area contributed by atoms with Gasteiger partial charge in [-0.1, -0.05) is 78.9 Å². The Morgan fingerprint density at radius 2 is 1.24 bits per heavy atom. The fourth-order valence-electron chi connectivity index (χ4n) is 4.90. The number of amides is 3. The Hall–Kier alpha value is -5.49. The van der Waals surface area contributed by atoms with Crippen LogP contribution in [0, 0.1) is 0 Å². The first-order valence-corrected chi connectivity index (χ1v) is 14.2. The fourth-order valence-corrected chi connectivity index (χ4v) is 4.90. The first-order valence-electron chi connectivity index (χ1n) is 14.2. The maximum Gasteiger partial charge on any atom is 0.333 e. The second kappa shape index (κ2) is 15.3. The Bertz CT molecular complexity index is 1660. The Labute approximate surface area is 259 Å². The number of aromatic nitrogens is 1. The molecular formula is C33H35N5O7. The van der Waals surface area contributed by atoms with Gasteiger partial charge in [0.1, 0.15) is 6.54 Å². The summed E-state index contributed by atoms with van der Waals surface area (Å²) in [5.41, 5.74) is 8.79. The van der Waals surface area contributed by atoms with Crippen molar-refractivity contribution in [2.45, 2.75) is 31.1 Å². The van der Waals surface area contributed by atoms with Crippen molar-refractivity contribution in [3.63, 3.8) is 0 Å². The molecule has 0 bridgehead atoms. The predicted octanol–water partition coefficient (Wildman–Crippen LogP) is 1.69. The van der Waals surface area contributed by atoms with Crippen molar-refractivity contribution < 1.29 is 33.4 Å². The average molecular weight is 614 g/mol. The molecule has 1 heterocycles. The van der Waals surface area contributed by atoms with Crippen LogP contribution in [0.25, 0.3) is 10.9 Å².